The van der Waals surface area contributed by atoms with E-state index in [-0.39, 0.29) is 20.1 Å². The Morgan fingerprint density at radius 2 is 1.63 bits per heavy atom. The molecule has 3 nitrogen and oxygen atoms in total. The van der Waals surface area contributed by atoms with E-state index in [1.165, 1.54) is 27.5 Å². The first-order valence-electron chi connectivity index (χ1n) is 8.79. The van der Waals surface area contributed by atoms with E-state index < -0.39 is 0 Å². The van der Waals surface area contributed by atoms with Crippen molar-refractivity contribution in [3.8, 4) is 11.4 Å². The molecule has 5 rings (SSSR count). The Bertz CT molecular complexity index is 1300. The standard InChI is InChI=1S/C23H18N3.Ir/c1-14-11-12-20-19(13-14)17-9-4-5-10-18(17)22-24-25-23(26(20)22)21-15(2)7-6-8-16(21)3;/h4-9,11-13H,1-3H3;/q-1;. The van der Waals surface area contributed by atoms with Crippen LogP contribution < -0.4 is 0 Å². The number of aryl methyl sites for hydroxylation is 3. The van der Waals surface area contributed by atoms with Crippen molar-refractivity contribution in [1.29, 1.82) is 0 Å². The Morgan fingerprint density at radius 3 is 2.41 bits per heavy atom. The van der Waals surface area contributed by atoms with Gasteiger partial charge in [-0.1, -0.05) is 46.7 Å². The van der Waals surface area contributed by atoms with E-state index in [4.69, 9.17) is 0 Å². The average Bonchev–Trinajstić information content (AvgIpc) is 3.07. The van der Waals surface area contributed by atoms with Gasteiger partial charge in [-0.25, -0.2) is 0 Å². The number of benzene rings is 3. The van der Waals surface area contributed by atoms with Crippen molar-refractivity contribution < 1.29 is 20.1 Å². The zero-order chi connectivity index (χ0) is 17.8. The predicted octanol–water partition coefficient (Wildman–Crippen LogP) is 5.43. The maximum absolute atomic E-state index is 4.60. The van der Waals surface area contributed by atoms with Crippen LogP contribution in [0.2, 0.25) is 0 Å². The minimum Gasteiger partial charge on any atom is -0.316 e. The molecule has 0 unspecified atom stereocenters. The van der Waals surface area contributed by atoms with Crippen molar-refractivity contribution in [1.82, 2.24) is 14.6 Å². The van der Waals surface area contributed by atoms with Crippen LogP contribution in [0, 0.1) is 26.8 Å². The molecule has 0 amide bonds. The maximum atomic E-state index is 4.60. The van der Waals surface area contributed by atoms with Gasteiger partial charge >= 0.3 is 0 Å². The van der Waals surface area contributed by atoms with Crippen molar-refractivity contribution in [2.75, 3.05) is 0 Å². The van der Waals surface area contributed by atoms with Crippen LogP contribution in [0.3, 0.4) is 0 Å². The van der Waals surface area contributed by atoms with Crippen LogP contribution in [0.25, 0.3) is 38.7 Å². The number of hydrogen-bond acceptors (Lipinski definition) is 2. The fourth-order valence-corrected chi connectivity index (χ4v) is 3.91. The Morgan fingerprint density at radius 1 is 0.852 bits per heavy atom. The minimum absolute atomic E-state index is 0. The van der Waals surface area contributed by atoms with E-state index in [0.29, 0.717) is 0 Å². The van der Waals surface area contributed by atoms with Crippen molar-refractivity contribution in [3.05, 3.63) is 77.4 Å². The SMILES string of the molecule is Cc1ccc2c(c1)c1ccc[c-]c1c1nnc(-c3c(C)cccc3C)n21.[Ir]. The van der Waals surface area contributed by atoms with Crippen LogP contribution in [0.5, 0.6) is 0 Å². The summed E-state index contributed by atoms with van der Waals surface area (Å²) < 4.78 is 2.18. The molecule has 3 aromatic carbocycles. The molecular formula is C23H18IrN3-. The second-order valence-electron chi connectivity index (χ2n) is 6.93. The summed E-state index contributed by atoms with van der Waals surface area (Å²) in [5, 5.41) is 12.5. The smallest absolute Gasteiger partial charge is 0.159 e. The van der Waals surface area contributed by atoms with Gasteiger partial charge in [-0.15, -0.1) is 29.4 Å². The van der Waals surface area contributed by atoms with Gasteiger partial charge in [0.05, 0.1) is 5.65 Å². The van der Waals surface area contributed by atoms with Gasteiger partial charge in [0, 0.05) is 31.2 Å². The number of hydrogen-bond donors (Lipinski definition) is 0. The van der Waals surface area contributed by atoms with Gasteiger partial charge in [-0.05, 0) is 43.4 Å². The number of aromatic nitrogens is 3. The van der Waals surface area contributed by atoms with Crippen LogP contribution in [-0.2, 0) is 20.1 Å². The zero-order valence-corrected chi connectivity index (χ0v) is 17.8. The Hall–Kier alpha value is -2.55. The zero-order valence-electron chi connectivity index (χ0n) is 15.4. The van der Waals surface area contributed by atoms with E-state index in [1.54, 1.807) is 0 Å². The van der Waals surface area contributed by atoms with E-state index in [2.05, 4.69) is 83.9 Å². The van der Waals surface area contributed by atoms with E-state index in [1.807, 2.05) is 12.1 Å². The molecule has 0 bridgehead atoms. The second kappa shape index (κ2) is 6.56. The molecule has 0 aliphatic carbocycles. The molecule has 0 aliphatic heterocycles. The van der Waals surface area contributed by atoms with E-state index in [9.17, 15) is 0 Å². The third-order valence-electron chi connectivity index (χ3n) is 5.13. The predicted molar refractivity (Wildman–Crippen MR) is 106 cm³/mol. The number of fused-ring (bicyclic) bond motifs is 6. The first-order chi connectivity index (χ1) is 12.6. The van der Waals surface area contributed by atoms with Crippen LogP contribution >= 0.6 is 0 Å². The van der Waals surface area contributed by atoms with Crippen LogP contribution in [0.4, 0.5) is 0 Å². The van der Waals surface area contributed by atoms with Crippen molar-refractivity contribution in [2.24, 2.45) is 0 Å². The summed E-state index contributed by atoms with van der Waals surface area (Å²) >= 11 is 0. The van der Waals surface area contributed by atoms with Gasteiger partial charge in [-0.3, -0.25) is 0 Å². The second-order valence-corrected chi connectivity index (χ2v) is 6.93. The number of rotatable bonds is 1. The van der Waals surface area contributed by atoms with E-state index >= 15 is 0 Å². The van der Waals surface area contributed by atoms with Crippen molar-refractivity contribution >= 4 is 27.3 Å². The Balaban J connectivity index is 0.00000180. The molecule has 0 N–H and O–H groups in total. The Kier molecular flexibility index (Phi) is 4.33. The van der Waals surface area contributed by atoms with Gasteiger partial charge in [-0.2, -0.15) is 5.10 Å². The van der Waals surface area contributed by atoms with Gasteiger partial charge < -0.3 is 4.40 Å². The number of pyridine rings is 1. The van der Waals surface area contributed by atoms with Crippen LogP contribution in [-0.4, -0.2) is 14.6 Å². The summed E-state index contributed by atoms with van der Waals surface area (Å²) in [4.78, 5) is 0. The maximum Gasteiger partial charge on any atom is 0.159 e. The summed E-state index contributed by atoms with van der Waals surface area (Å²) in [6, 6.07) is 22.4. The first kappa shape index (κ1) is 17.8. The van der Waals surface area contributed by atoms with Crippen molar-refractivity contribution in [2.45, 2.75) is 20.8 Å². The summed E-state index contributed by atoms with van der Waals surface area (Å²) in [5.41, 5.74) is 6.78. The molecule has 2 aromatic heterocycles. The molecule has 0 fully saturated rings. The third-order valence-corrected chi connectivity index (χ3v) is 5.13. The molecule has 1 radical (unpaired) electrons. The average molecular weight is 529 g/mol. The summed E-state index contributed by atoms with van der Waals surface area (Å²) in [5.74, 6) is 0.892. The number of nitrogens with zero attached hydrogens (tertiary/aromatic N) is 3. The molecule has 4 heteroatoms. The normalized spacial score (nSPS) is 11.2. The monoisotopic (exact) mass is 529 g/mol. The van der Waals surface area contributed by atoms with E-state index in [0.717, 1.165) is 27.9 Å². The summed E-state index contributed by atoms with van der Waals surface area (Å²) in [6.45, 7) is 6.38. The summed E-state index contributed by atoms with van der Waals surface area (Å²) in [6.07, 6.45) is 0. The van der Waals surface area contributed by atoms with Gasteiger partial charge in [0.15, 0.2) is 5.82 Å². The van der Waals surface area contributed by atoms with Gasteiger partial charge in [0.25, 0.3) is 0 Å². The van der Waals surface area contributed by atoms with Gasteiger partial charge in [0.1, 0.15) is 0 Å². The molecule has 0 aliphatic rings. The molecule has 5 aromatic rings. The van der Waals surface area contributed by atoms with Crippen LogP contribution in [0.1, 0.15) is 16.7 Å². The third kappa shape index (κ3) is 2.60. The van der Waals surface area contributed by atoms with Gasteiger partial charge in [0.2, 0.25) is 0 Å². The molecule has 2 heterocycles. The largest absolute Gasteiger partial charge is 0.316 e. The van der Waals surface area contributed by atoms with Crippen molar-refractivity contribution in [3.63, 3.8) is 0 Å². The minimum atomic E-state index is 0. The molecular weight excluding hydrogens is 510 g/mol. The van der Waals surface area contributed by atoms with Crippen LogP contribution in [0.15, 0.2) is 54.6 Å². The molecule has 0 saturated heterocycles. The fraction of sp³-hybridized carbons (Fsp3) is 0.130. The molecule has 0 saturated carbocycles. The topological polar surface area (TPSA) is 30.2 Å². The molecule has 0 spiro atoms. The summed E-state index contributed by atoms with van der Waals surface area (Å²) in [7, 11) is 0. The molecule has 0 atom stereocenters. The quantitative estimate of drug-likeness (QED) is 0.215. The first-order valence-corrected chi connectivity index (χ1v) is 8.79. The molecule has 27 heavy (non-hydrogen) atoms. The Labute approximate surface area is 171 Å². The molecule has 135 valence electrons. The fourth-order valence-electron chi connectivity index (χ4n) is 3.91.